The lowest BCUT2D eigenvalue weighted by atomic mass is 9.91. The molecule has 2 atom stereocenters. The number of nitrogens with zero attached hydrogens (tertiary/aromatic N) is 2. The maximum Gasteiger partial charge on any atom is 0.308 e. The van der Waals surface area contributed by atoms with Gasteiger partial charge in [-0.2, -0.15) is 0 Å². The molecule has 0 radical (unpaired) electrons. The van der Waals surface area contributed by atoms with E-state index in [-0.39, 0.29) is 17.7 Å². The summed E-state index contributed by atoms with van der Waals surface area (Å²) in [6, 6.07) is 0. The van der Waals surface area contributed by atoms with Gasteiger partial charge in [-0.3, -0.25) is 14.4 Å². The van der Waals surface area contributed by atoms with E-state index in [2.05, 4.69) is 5.32 Å². The van der Waals surface area contributed by atoms with Crippen molar-refractivity contribution in [1.29, 1.82) is 0 Å². The second kappa shape index (κ2) is 9.53. The molecule has 3 heterocycles. The normalized spacial score (nSPS) is 27.4. The van der Waals surface area contributed by atoms with Gasteiger partial charge in [0.05, 0.1) is 11.8 Å². The molecule has 0 aromatic carbocycles. The first-order valence-electron chi connectivity index (χ1n) is 10.5. The number of carbonyl (C=O) groups is 3. The van der Waals surface area contributed by atoms with Crippen molar-refractivity contribution < 1.29 is 19.5 Å². The van der Waals surface area contributed by atoms with Crippen LogP contribution in [0.25, 0.3) is 0 Å². The minimum atomic E-state index is -0.814. The quantitative estimate of drug-likeness (QED) is 0.752. The molecule has 7 nitrogen and oxygen atoms in total. The summed E-state index contributed by atoms with van der Waals surface area (Å²) in [5.74, 6) is -0.586. The van der Waals surface area contributed by atoms with Crippen molar-refractivity contribution in [3.63, 3.8) is 0 Å². The third-order valence-corrected chi connectivity index (χ3v) is 6.43. The van der Waals surface area contributed by atoms with Crippen molar-refractivity contribution >= 4 is 17.8 Å². The Kier molecular flexibility index (Phi) is 7.10. The van der Waals surface area contributed by atoms with Gasteiger partial charge in [-0.15, -0.1) is 0 Å². The molecule has 1 unspecified atom stereocenters. The summed E-state index contributed by atoms with van der Waals surface area (Å²) in [4.78, 5) is 40.3. The smallest absolute Gasteiger partial charge is 0.308 e. The Morgan fingerprint density at radius 2 is 1.52 bits per heavy atom. The maximum atomic E-state index is 12.9. The zero-order chi connectivity index (χ0) is 19.2. The first-order chi connectivity index (χ1) is 13.0. The molecule has 3 saturated heterocycles. The molecule has 2 amide bonds. The van der Waals surface area contributed by atoms with Crippen LogP contribution in [0, 0.1) is 17.8 Å². The van der Waals surface area contributed by atoms with Gasteiger partial charge >= 0.3 is 5.97 Å². The lowest BCUT2D eigenvalue weighted by molar-refractivity contribution is -0.147. The number of likely N-dealkylation sites (tertiary alicyclic amines) is 2. The summed E-state index contributed by atoms with van der Waals surface area (Å²) in [6.45, 7) is 4.29. The van der Waals surface area contributed by atoms with E-state index in [1.807, 2.05) is 4.90 Å². The topological polar surface area (TPSA) is 90.0 Å². The molecule has 2 N–H and O–H groups in total. The number of carbonyl (C=O) groups excluding carboxylic acids is 2. The molecule has 3 fully saturated rings. The molecule has 0 saturated carbocycles. The van der Waals surface area contributed by atoms with E-state index >= 15 is 0 Å². The number of carboxylic acids is 1. The molecule has 3 aliphatic heterocycles. The lowest BCUT2D eigenvalue weighted by Gasteiger charge is -2.37. The highest BCUT2D eigenvalue weighted by molar-refractivity contribution is 5.82. The number of rotatable bonds is 5. The molecule has 0 aromatic heterocycles. The number of nitrogens with one attached hydrogen (secondary N) is 1. The van der Waals surface area contributed by atoms with Crippen LogP contribution in [0.15, 0.2) is 0 Å². The second-order valence-electron chi connectivity index (χ2n) is 8.37. The molecule has 0 bridgehead atoms. The van der Waals surface area contributed by atoms with Gasteiger partial charge in [0.15, 0.2) is 0 Å². The van der Waals surface area contributed by atoms with Gasteiger partial charge in [-0.25, -0.2) is 0 Å². The van der Waals surface area contributed by atoms with E-state index in [1.54, 1.807) is 4.90 Å². The van der Waals surface area contributed by atoms with Crippen LogP contribution in [0.5, 0.6) is 0 Å². The van der Waals surface area contributed by atoms with E-state index < -0.39 is 11.9 Å². The van der Waals surface area contributed by atoms with Crippen molar-refractivity contribution in [2.75, 3.05) is 39.3 Å². The van der Waals surface area contributed by atoms with Crippen LogP contribution in [0.2, 0.25) is 0 Å². The summed E-state index contributed by atoms with van der Waals surface area (Å²) < 4.78 is 0. The average molecular weight is 380 g/mol. The standard InChI is InChI=1S/C20H33N3O4/c24-18(6-5-15-7-9-21-10-8-15)22-11-1-3-16(13-22)19(25)23-12-2-4-17(14-23)20(26)27/h15-17,21H,1-14H2,(H,26,27)/t16-,17?/m1/s1. The highest BCUT2D eigenvalue weighted by atomic mass is 16.4. The van der Waals surface area contributed by atoms with Crippen molar-refractivity contribution in [1.82, 2.24) is 15.1 Å². The number of carboxylic acid groups (broad SMARTS) is 1. The number of piperidine rings is 3. The predicted octanol–water partition coefficient (Wildman–Crippen LogP) is 1.33. The Bertz CT molecular complexity index is 547. The highest BCUT2D eigenvalue weighted by Crippen LogP contribution is 2.25. The fraction of sp³-hybridized carbons (Fsp3) is 0.850. The van der Waals surface area contributed by atoms with Crippen molar-refractivity contribution in [3.8, 4) is 0 Å². The number of hydrogen-bond donors (Lipinski definition) is 2. The van der Waals surface area contributed by atoms with Gasteiger partial charge in [-0.1, -0.05) is 0 Å². The molecule has 0 spiro atoms. The predicted molar refractivity (Wildman–Crippen MR) is 101 cm³/mol. The van der Waals surface area contributed by atoms with Crippen LogP contribution in [-0.2, 0) is 14.4 Å². The molecular weight excluding hydrogens is 346 g/mol. The Labute approximate surface area is 161 Å². The van der Waals surface area contributed by atoms with Crippen molar-refractivity contribution in [3.05, 3.63) is 0 Å². The lowest BCUT2D eigenvalue weighted by Crippen LogP contribution is -2.50. The first-order valence-corrected chi connectivity index (χ1v) is 10.5. The van der Waals surface area contributed by atoms with Gasteiger partial charge in [0.25, 0.3) is 0 Å². The van der Waals surface area contributed by atoms with Gasteiger partial charge in [0.1, 0.15) is 0 Å². The minimum absolute atomic E-state index is 0.0387. The summed E-state index contributed by atoms with van der Waals surface area (Å²) in [7, 11) is 0. The molecule has 0 aliphatic carbocycles. The molecule has 7 heteroatoms. The Morgan fingerprint density at radius 3 is 2.22 bits per heavy atom. The Balaban J connectivity index is 1.48. The monoisotopic (exact) mass is 379 g/mol. The van der Waals surface area contributed by atoms with Crippen LogP contribution in [0.1, 0.15) is 51.4 Å². The molecule has 0 aromatic rings. The molecule has 3 aliphatic rings. The van der Waals surface area contributed by atoms with Crippen LogP contribution < -0.4 is 5.32 Å². The van der Waals surface area contributed by atoms with Gasteiger partial charge < -0.3 is 20.2 Å². The summed E-state index contributed by atoms with van der Waals surface area (Å²) >= 11 is 0. The van der Waals surface area contributed by atoms with E-state index in [9.17, 15) is 19.5 Å². The van der Waals surface area contributed by atoms with E-state index in [0.717, 1.165) is 58.2 Å². The van der Waals surface area contributed by atoms with Crippen molar-refractivity contribution in [2.45, 2.75) is 51.4 Å². The van der Waals surface area contributed by atoms with Gasteiger partial charge in [0, 0.05) is 32.6 Å². The van der Waals surface area contributed by atoms with Gasteiger partial charge in [0.2, 0.25) is 11.8 Å². The number of hydrogen-bond acceptors (Lipinski definition) is 4. The fourth-order valence-corrected chi connectivity index (χ4v) is 4.70. The summed E-state index contributed by atoms with van der Waals surface area (Å²) in [5.41, 5.74) is 0. The molecule has 27 heavy (non-hydrogen) atoms. The van der Waals surface area contributed by atoms with Crippen LogP contribution in [0.4, 0.5) is 0 Å². The largest absolute Gasteiger partial charge is 0.481 e. The van der Waals surface area contributed by atoms with Crippen molar-refractivity contribution in [2.24, 2.45) is 17.8 Å². The fourth-order valence-electron chi connectivity index (χ4n) is 4.70. The van der Waals surface area contributed by atoms with E-state index in [0.29, 0.717) is 38.4 Å². The minimum Gasteiger partial charge on any atom is -0.481 e. The molecule has 152 valence electrons. The van der Waals surface area contributed by atoms with E-state index in [1.165, 1.54) is 0 Å². The van der Waals surface area contributed by atoms with Crippen LogP contribution in [0.3, 0.4) is 0 Å². The SMILES string of the molecule is O=C(O)C1CCCN(C(=O)[C@@H]2CCCN(C(=O)CCC3CCNCC3)C2)C1. The average Bonchev–Trinajstić information content (AvgIpc) is 2.72. The maximum absolute atomic E-state index is 12.9. The second-order valence-corrected chi connectivity index (χ2v) is 8.37. The third kappa shape index (κ3) is 5.43. The van der Waals surface area contributed by atoms with E-state index in [4.69, 9.17) is 0 Å². The van der Waals surface area contributed by atoms with Crippen LogP contribution in [-0.4, -0.2) is 72.0 Å². The number of aliphatic carboxylic acids is 1. The summed E-state index contributed by atoms with van der Waals surface area (Å²) in [5, 5.41) is 12.6. The Morgan fingerprint density at radius 1 is 0.889 bits per heavy atom. The number of amides is 2. The molecular formula is C20H33N3O4. The van der Waals surface area contributed by atoms with Crippen LogP contribution >= 0.6 is 0 Å². The first kappa shape index (κ1) is 20.1. The zero-order valence-electron chi connectivity index (χ0n) is 16.2. The van der Waals surface area contributed by atoms with Gasteiger partial charge in [-0.05, 0) is 64.0 Å². The summed E-state index contributed by atoms with van der Waals surface area (Å²) in [6.07, 6.45) is 6.86. The third-order valence-electron chi connectivity index (χ3n) is 6.43. The molecule has 3 rings (SSSR count). The highest BCUT2D eigenvalue weighted by Gasteiger charge is 2.34. The zero-order valence-corrected chi connectivity index (χ0v) is 16.2. The Hall–Kier alpha value is -1.63.